The highest BCUT2D eigenvalue weighted by Crippen LogP contribution is 2.25. The van der Waals surface area contributed by atoms with E-state index in [9.17, 15) is 27.6 Å². The highest BCUT2D eigenvalue weighted by Gasteiger charge is 2.32. The number of benzene rings is 2. The Morgan fingerprint density at radius 2 is 1.67 bits per heavy atom. The Hall–Kier alpha value is -4.09. The molecule has 2 amide bonds. The zero-order valence-electron chi connectivity index (χ0n) is 17.7. The van der Waals surface area contributed by atoms with Crippen LogP contribution in [0, 0.1) is 0 Å². The van der Waals surface area contributed by atoms with E-state index in [4.69, 9.17) is 4.74 Å². The number of alkyl halides is 3. The number of fused-ring (bicyclic) bond motifs is 1. The van der Waals surface area contributed by atoms with Crippen LogP contribution in [0.5, 0.6) is 5.75 Å². The molecule has 0 saturated carbocycles. The van der Waals surface area contributed by atoms with Crippen molar-refractivity contribution >= 4 is 28.8 Å². The Morgan fingerprint density at radius 1 is 1.00 bits per heavy atom. The van der Waals surface area contributed by atoms with Gasteiger partial charge >= 0.3 is 12.3 Å². The molecule has 2 aromatic carbocycles. The van der Waals surface area contributed by atoms with Gasteiger partial charge in [0.15, 0.2) is 5.60 Å². The molecule has 0 spiro atoms. The second kappa shape index (κ2) is 8.81. The number of halogens is 3. The summed E-state index contributed by atoms with van der Waals surface area (Å²) in [5, 5.41) is 0. The van der Waals surface area contributed by atoms with Crippen molar-refractivity contribution in [3.05, 3.63) is 54.4 Å². The van der Waals surface area contributed by atoms with Crippen molar-refractivity contribution in [1.82, 2.24) is 20.4 Å². The number of rotatable bonds is 5. The maximum atomic E-state index is 12.5. The third kappa shape index (κ3) is 5.79. The van der Waals surface area contributed by atoms with Gasteiger partial charge in [-0.05, 0) is 56.3 Å². The Kier molecular flexibility index (Phi) is 6.29. The molecule has 3 rings (SSSR count). The van der Waals surface area contributed by atoms with Crippen molar-refractivity contribution in [2.24, 2.45) is 0 Å². The highest BCUT2D eigenvalue weighted by atomic mass is 19.4. The first kappa shape index (κ1) is 23.6. The topological polar surface area (TPSA) is 112 Å². The molecule has 2 N–H and O–H groups in total. The number of hydrazine groups is 1. The first-order valence-corrected chi connectivity index (χ1v) is 9.49. The maximum absolute atomic E-state index is 12.5. The van der Waals surface area contributed by atoms with Crippen molar-refractivity contribution < 1.29 is 37.0 Å². The van der Waals surface area contributed by atoms with E-state index < -0.39 is 29.7 Å². The van der Waals surface area contributed by atoms with Crippen LogP contribution >= 0.6 is 0 Å². The van der Waals surface area contributed by atoms with E-state index in [0.29, 0.717) is 16.7 Å². The van der Waals surface area contributed by atoms with E-state index in [1.54, 1.807) is 10.6 Å². The lowest BCUT2D eigenvalue weighted by atomic mass is 10.1. The molecule has 1 aromatic heterocycles. The van der Waals surface area contributed by atoms with Gasteiger partial charge in [-0.15, -0.1) is 13.2 Å². The summed E-state index contributed by atoms with van der Waals surface area (Å²) in [4.78, 5) is 40.0. The molecule has 0 aliphatic heterocycles. The lowest BCUT2D eigenvalue weighted by Gasteiger charge is -2.23. The second-order valence-electron chi connectivity index (χ2n) is 7.37. The van der Waals surface area contributed by atoms with E-state index in [1.807, 2.05) is 0 Å². The quantitative estimate of drug-likeness (QED) is 0.444. The molecule has 0 aliphatic carbocycles. The van der Waals surface area contributed by atoms with Crippen LogP contribution in [-0.4, -0.2) is 39.3 Å². The molecule has 0 saturated heterocycles. The molecule has 0 atom stereocenters. The molecule has 0 fully saturated rings. The fraction of sp³-hybridized carbons (Fsp3) is 0.238. The zero-order chi connectivity index (χ0) is 24.4. The monoisotopic (exact) mass is 464 g/mol. The molecule has 0 unspecified atom stereocenters. The molecule has 174 valence electrons. The number of carbonyl (C=O) groups excluding carboxylic acids is 3. The predicted molar refractivity (Wildman–Crippen MR) is 109 cm³/mol. The predicted octanol–water partition coefficient (Wildman–Crippen LogP) is 3.03. The van der Waals surface area contributed by atoms with Crippen molar-refractivity contribution in [1.29, 1.82) is 0 Å². The van der Waals surface area contributed by atoms with Crippen molar-refractivity contribution in [3.8, 4) is 11.4 Å². The van der Waals surface area contributed by atoms with Gasteiger partial charge in [0.2, 0.25) is 0 Å². The summed E-state index contributed by atoms with van der Waals surface area (Å²) < 4.78 is 47.4. The second-order valence-corrected chi connectivity index (χ2v) is 7.37. The number of amides is 2. The first-order valence-electron chi connectivity index (χ1n) is 9.49. The average molecular weight is 464 g/mol. The van der Waals surface area contributed by atoms with Crippen molar-refractivity contribution in [2.45, 2.75) is 32.7 Å². The van der Waals surface area contributed by atoms with Crippen molar-refractivity contribution in [2.75, 3.05) is 0 Å². The Morgan fingerprint density at radius 3 is 2.27 bits per heavy atom. The van der Waals surface area contributed by atoms with Crippen LogP contribution < -0.4 is 15.6 Å². The first-order chi connectivity index (χ1) is 15.4. The van der Waals surface area contributed by atoms with Gasteiger partial charge in [0.05, 0.1) is 11.0 Å². The Balaban J connectivity index is 1.77. The van der Waals surface area contributed by atoms with Gasteiger partial charge < -0.3 is 9.47 Å². The molecule has 12 heteroatoms. The summed E-state index contributed by atoms with van der Waals surface area (Å²) in [6, 6.07) is 9.70. The molecule has 3 aromatic rings. The maximum Gasteiger partial charge on any atom is 0.573 e. The normalized spacial score (nSPS) is 11.7. The van der Waals surface area contributed by atoms with Gasteiger partial charge in [-0.1, -0.05) is 0 Å². The van der Waals surface area contributed by atoms with Gasteiger partial charge in [0, 0.05) is 18.2 Å². The molecular formula is C21H19F3N4O5. The molecule has 0 radical (unpaired) electrons. The lowest BCUT2D eigenvalue weighted by molar-refractivity contribution is -0.274. The summed E-state index contributed by atoms with van der Waals surface area (Å²) in [7, 11) is 0. The lowest BCUT2D eigenvalue weighted by Crippen LogP contribution is -2.52. The molecule has 0 aliphatic rings. The zero-order valence-corrected chi connectivity index (χ0v) is 17.7. The standard InChI is InChI=1S/C21H19F3N4O5/c1-12(29)32-20(2,3)19(31)27-26-18(30)13-4-9-16-17(10-13)28(11-25-16)14-5-7-15(8-6-14)33-21(22,23)24/h4-11H,1-3H3,(H,26,30)(H,27,31). The molecule has 1 heterocycles. The van der Waals surface area contributed by atoms with Crippen LogP contribution in [0.4, 0.5) is 13.2 Å². The van der Waals surface area contributed by atoms with Crippen LogP contribution in [0.1, 0.15) is 31.1 Å². The number of nitrogens with zero attached hydrogens (tertiary/aromatic N) is 2. The highest BCUT2D eigenvalue weighted by molar-refractivity contribution is 5.99. The molecular weight excluding hydrogens is 445 g/mol. The van der Waals surface area contributed by atoms with Gasteiger partial charge in [-0.2, -0.15) is 0 Å². The minimum atomic E-state index is -4.80. The van der Waals surface area contributed by atoms with E-state index in [1.165, 1.54) is 44.4 Å². The van der Waals surface area contributed by atoms with Crippen LogP contribution in [0.25, 0.3) is 16.7 Å². The number of carbonyl (C=O) groups is 3. The van der Waals surface area contributed by atoms with Crippen LogP contribution in [0.15, 0.2) is 48.8 Å². The van der Waals surface area contributed by atoms with E-state index in [-0.39, 0.29) is 11.3 Å². The van der Waals surface area contributed by atoms with Crippen LogP contribution in [0.2, 0.25) is 0 Å². The van der Waals surface area contributed by atoms with Gasteiger partial charge in [-0.3, -0.25) is 29.8 Å². The Labute approximate surface area is 185 Å². The van der Waals surface area contributed by atoms with Crippen LogP contribution in [-0.2, 0) is 14.3 Å². The van der Waals surface area contributed by atoms with Gasteiger partial charge in [0.1, 0.15) is 12.1 Å². The third-order valence-electron chi connectivity index (χ3n) is 4.39. The van der Waals surface area contributed by atoms with Crippen LogP contribution in [0.3, 0.4) is 0 Å². The number of esters is 1. The number of hydrogen-bond donors (Lipinski definition) is 2. The summed E-state index contributed by atoms with van der Waals surface area (Å²) in [6.07, 6.45) is -3.34. The van der Waals surface area contributed by atoms with E-state index >= 15 is 0 Å². The van der Waals surface area contributed by atoms with Gasteiger partial charge in [0.25, 0.3) is 11.8 Å². The fourth-order valence-electron chi connectivity index (χ4n) is 2.90. The minimum absolute atomic E-state index is 0.173. The Bertz CT molecular complexity index is 1200. The molecule has 9 nitrogen and oxygen atoms in total. The van der Waals surface area contributed by atoms with Crippen molar-refractivity contribution in [3.63, 3.8) is 0 Å². The minimum Gasteiger partial charge on any atom is -0.450 e. The van der Waals surface area contributed by atoms with E-state index in [0.717, 1.165) is 19.1 Å². The average Bonchev–Trinajstić information content (AvgIpc) is 3.13. The number of nitrogens with one attached hydrogen (secondary N) is 2. The smallest absolute Gasteiger partial charge is 0.450 e. The number of hydrogen-bond acceptors (Lipinski definition) is 6. The molecule has 0 bridgehead atoms. The summed E-state index contributed by atoms with van der Waals surface area (Å²) in [5.74, 6) is -2.41. The molecule has 33 heavy (non-hydrogen) atoms. The summed E-state index contributed by atoms with van der Waals surface area (Å²) in [6.45, 7) is 3.89. The summed E-state index contributed by atoms with van der Waals surface area (Å²) in [5.41, 5.74) is 4.63. The third-order valence-corrected chi connectivity index (χ3v) is 4.39. The number of imidazole rings is 1. The fourth-order valence-corrected chi connectivity index (χ4v) is 2.90. The largest absolute Gasteiger partial charge is 0.573 e. The number of ether oxygens (including phenoxy) is 2. The van der Waals surface area contributed by atoms with Gasteiger partial charge in [-0.25, -0.2) is 4.98 Å². The SMILES string of the molecule is CC(=O)OC(C)(C)C(=O)NNC(=O)c1ccc2ncn(-c3ccc(OC(F)(F)F)cc3)c2c1. The summed E-state index contributed by atoms with van der Waals surface area (Å²) >= 11 is 0. The van der Waals surface area contributed by atoms with E-state index in [2.05, 4.69) is 20.6 Å². The number of aromatic nitrogens is 2.